The maximum atomic E-state index is 11.7. The maximum absolute atomic E-state index is 11.7. The first-order chi connectivity index (χ1) is 7.20. The van der Waals surface area contributed by atoms with E-state index < -0.39 is 0 Å². The van der Waals surface area contributed by atoms with Crippen molar-refractivity contribution in [2.45, 2.75) is 63.3 Å². The first-order valence-electron chi connectivity index (χ1n) is 5.92. The zero-order valence-electron chi connectivity index (χ0n) is 9.24. The average Bonchev–Trinajstić information content (AvgIpc) is 2.79. The molecule has 2 fully saturated rings. The molecular formula is C11H20N2O2. The third-order valence-electron chi connectivity index (χ3n) is 3.37. The SMILES string of the molecule is CCC[C@H](N)C(=O)NC1CC2CCC1O2. The lowest BCUT2D eigenvalue weighted by Crippen LogP contribution is -2.48. The Bertz CT molecular complexity index is 245. The van der Waals surface area contributed by atoms with Crippen LogP contribution >= 0.6 is 0 Å². The molecule has 2 heterocycles. The van der Waals surface area contributed by atoms with Gasteiger partial charge in [-0.3, -0.25) is 4.79 Å². The topological polar surface area (TPSA) is 64.4 Å². The molecule has 0 saturated carbocycles. The van der Waals surface area contributed by atoms with E-state index in [0.717, 1.165) is 32.1 Å². The van der Waals surface area contributed by atoms with Crippen LogP contribution in [-0.2, 0) is 9.53 Å². The molecule has 2 saturated heterocycles. The Balaban J connectivity index is 1.79. The van der Waals surface area contributed by atoms with Crippen molar-refractivity contribution >= 4 is 5.91 Å². The Kier molecular flexibility index (Phi) is 3.26. The molecule has 2 bridgehead atoms. The highest BCUT2D eigenvalue weighted by Gasteiger charge is 2.41. The number of carbonyl (C=O) groups excluding carboxylic acids is 1. The minimum Gasteiger partial charge on any atom is -0.373 e. The fraction of sp³-hybridized carbons (Fsp3) is 0.909. The largest absolute Gasteiger partial charge is 0.373 e. The number of amides is 1. The van der Waals surface area contributed by atoms with Crippen LogP contribution in [0.5, 0.6) is 0 Å². The summed E-state index contributed by atoms with van der Waals surface area (Å²) in [7, 11) is 0. The van der Waals surface area contributed by atoms with Crippen molar-refractivity contribution in [1.29, 1.82) is 0 Å². The van der Waals surface area contributed by atoms with E-state index in [4.69, 9.17) is 10.5 Å². The normalized spacial score (nSPS) is 35.5. The van der Waals surface area contributed by atoms with Crippen molar-refractivity contribution in [3.05, 3.63) is 0 Å². The number of rotatable bonds is 4. The second-order valence-electron chi connectivity index (χ2n) is 4.62. The number of nitrogens with one attached hydrogen (secondary N) is 1. The molecule has 4 nitrogen and oxygen atoms in total. The smallest absolute Gasteiger partial charge is 0.237 e. The summed E-state index contributed by atoms with van der Waals surface area (Å²) in [6.07, 6.45) is 5.52. The van der Waals surface area contributed by atoms with Gasteiger partial charge in [0.15, 0.2) is 0 Å². The van der Waals surface area contributed by atoms with E-state index >= 15 is 0 Å². The van der Waals surface area contributed by atoms with Gasteiger partial charge in [0.1, 0.15) is 0 Å². The van der Waals surface area contributed by atoms with Crippen LogP contribution in [0.15, 0.2) is 0 Å². The van der Waals surface area contributed by atoms with Gasteiger partial charge in [-0.25, -0.2) is 0 Å². The van der Waals surface area contributed by atoms with Crippen molar-refractivity contribution in [1.82, 2.24) is 5.32 Å². The summed E-state index contributed by atoms with van der Waals surface area (Å²) in [5.74, 6) is -0.0157. The van der Waals surface area contributed by atoms with E-state index in [1.807, 2.05) is 6.92 Å². The third-order valence-corrected chi connectivity index (χ3v) is 3.37. The zero-order chi connectivity index (χ0) is 10.8. The molecule has 3 unspecified atom stereocenters. The van der Waals surface area contributed by atoms with Gasteiger partial charge in [-0.05, 0) is 25.7 Å². The molecule has 0 aromatic rings. The van der Waals surface area contributed by atoms with Gasteiger partial charge in [-0.2, -0.15) is 0 Å². The van der Waals surface area contributed by atoms with Gasteiger partial charge in [0.05, 0.1) is 24.3 Å². The fourth-order valence-electron chi connectivity index (χ4n) is 2.52. The van der Waals surface area contributed by atoms with Gasteiger partial charge in [-0.15, -0.1) is 0 Å². The number of hydrogen-bond donors (Lipinski definition) is 2. The van der Waals surface area contributed by atoms with Crippen LogP contribution < -0.4 is 11.1 Å². The highest BCUT2D eigenvalue weighted by atomic mass is 16.5. The second-order valence-corrected chi connectivity index (χ2v) is 4.62. The number of ether oxygens (including phenoxy) is 1. The molecule has 4 atom stereocenters. The van der Waals surface area contributed by atoms with Crippen molar-refractivity contribution in [2.24, 2.45) is 5.73 Å². The average molecular weight is 212 g/mol. The van der Waals surface area contributed by atoms with Crippen molar-refractivity contribution in [3.8, 4) is 0 Å². The van der Waals surface area contributed by atoms with Crippen LogP contribution in [-0.4, -0.2) is 30.2 Å². The molecule has 3 N–H and O–H groups in total. The van der Waals surface area contributed by atoms with Crippen LogP contribution in [0, 0.1) is 0 Å². The fourth-order valence-corrected chi connectivity index (χ4v) is 2.52. The van der Waals surface area contributed by atoms with Gasteiger partial charge >= 0.3 is 0 Å². The minimum atomic E-state index is -0.353. The Hall–Kier alpha value is -0.610. The summed E-state index contributed by atoms with van der Waals surface area (Å²) >= 11 is 0. The molecule has 0 aromatic heterocycles. The summed E-state index contributed by atoms with van der Waals surface area (Å²) < 4.78 is 5.67. The van der Waals surface area contributed by atoms with E-state index in [9.17, 15) is 4.79 Å². The highest BCUT2D eigenvalue weighted by Crippen LogP contribution is 2.34. The molecule has 2 aliphatic heterocycles. The zero-order valence-corrected chi connectivity index (χ0v) is 9.24. The van der Waals surface area contributed by atoms with Crippen LogP contribution in [0.2, 0.25) is 0 Å². The monoisotopic (exact) mass is 212 g/mol. The van der Waals surface area contributed by atoms with E-state index in [-0.39, 0.29) is 24.1 Å². The molecule has 0 aromatic carbocycles. The predicted octanol–water partition coefficient (Wildman–Crippen LogP) is 0.550. The van der Waals surface area contributed by atoms with Crippen LogP contribution in [0.1, 0.15) is 39.0 Å². The quantitative estimate of drug-likeness (QED) is 0.715. The standard InChI is InChI=1S/C11H20N2O2/c1-2-3-8(12)11(14)13-9-6-7-4-5-10(9)15-7/h7-10H,2-6,12H2,1H3,(H,13,14)/t7?,8-,9?,10?/m0/s1. The molecule has 0 aliphatic carbocycles. The Morgan fingerprint density at radius 1 is 1.60 bits per heavy atom. The molecule has 4 heteroatoms. The lowest BCUT2D eigenvalue weighted by molar-refractivity contribution is -0.123. The molecule has 86 valence electrons. The lowest BCUT2D eigenvalue weighted by Gasteiger charge is -2.21. The van der Waals surface area contributed by atoms with E-state index in [1.54, 1.807) is 0 Å². The number of carbonyl (C=O) groups is 1. The molecule has 2 aliphatic rings. The van der Waals surface area contributed by atoms with Crippen molar-refractivity contribution in [3.63, 3.8) is 0 Å². The van der Waals surface area contributed by atoms with Crippen LogP contribution in [0.4, 0.5) is 0 Å². The molecule has 15 heavy (non-hydrogen) atoms. The second kappa shape index (κ2) is 4.49. The molecule has 0 radical (unpaired) electrons. The Labute approximate surface area is 90.5 Å². The molecule has 1 amide bonds. The number of hydrogen-bond acceptors (Lipinski definition) is 3. The van der Waals surface area contributed by atoms with Gasteiger partial charge < -0.3 is 15.8 Å². The first kappa shape index (κ1) is 10.9. The Morgan fingerprint density at radius 2 is 2.40 bits per heavy atom. The van der Waals surface area contributed by atoms with Crippen LogP contribution in [0.25, 0.3) is 0 Å². The van der Waals surface area contributed by atoms with E-state index in [0.29, 0.717) is 6.10 Å². The molecule has 0 spiro atoms. The van der Waals surface area contributed by atoms with E-state index in [2.05, 4.69) is 5.32 Å². The number of nitrogens with two attached hydrogens (primary N) is 1. The van der Waals surface area contributed by atoms with E-state index in [1.165, 1.54) is 0 Å². The summed E-state index contributed by atoms with van der Waals surface area (Å²) in [5, 5.41) is 3.01. The van der Waals surface area contributed by atoms with Gasteiger partial charge in [0.25, 0.3) is 0 Å². The molecular weight excluding hydrogens is 192 g/mol. The van der Waals surface area contributed by atoms with Gasteiger partial charge in [0, 0.05) is 0 Å². The predicted molar refractivity (Wildman–Crippen MR) is 57.3 cm³/mol. The molecule has 2 rings (SSSR count). The summed E-state index contributed by atoms with van der Waals surface area (Å²) in [6, 6.07) is -0.145. The van der Waals surface area contributed by atoms with Crippen molar-refractivity contribution in [2.75, 3.05) is 0 Å². The third kappa shape index (κ3) is 2.32. The van der Waals surface area contributed by atoms with Crippen molar-refractivity contribution < 1.29 is 9.53 Å². The summed E-state index contributed by atoms with van der Waals surface area (Å²) in [4.78, 5) is 11.7. The Morgan fingerprint density at radius 3 is 2.93 bits per heavy atom. The van der Waals surface area contributed by atoms with Gasteiger partial charge in [0.2, 0.25) is 5.91 Å². The number of fused-ring (bicyclic) bond motifs is 2. The van der Waals surface area contributed by atoms with Gasteiger partial charge in [-0.1, -0.05) is 13.3 Å². The summed E-state index contributed by atoms with van der Waals surface area (Å²) in [6.45, 7) is 2.04. The summed E-state index contributed by atoms with van der Waals surface area (Å²) in [5.41, 5.74) is 5.75. The van der Waals surface area contributed by atoms with Crippen LogP contribution in [0.3, 0.4) is 0 Å². The highest BCUT2D eigenvalue weighted by molar-refractivity contribution is 5.81. The first-order valence-corrected chi connectivity index (χ1v) is 5.92. The minimum absolute atomic E-state index is 0.0157. The maximum Gasteiger partial charge on any atom is 0.237 e. The lowest BCUT2D eigenvalue weighted by atomic mass is 9.95.